The van der Waals surface area contributed by atoms with Crippen LogP contribution < -0.4 is 30.2 Å². The number of fused-ring (bicyclic) bond motifs is 4. The highest BCUT2D eigenvalue weighted by Crippen LogP contribution is 2.47. The fourth-order valence-corrected chi connectivity index (χ4v) is 5.92. The second-order valence-electron chi connectivity index (χ2n) is 10.4. The molecule has 4 aliphatic rings. The molecule has 3 amide bonds. The minimum absolute atomic E-state index is 0.0535. The van der Waals surface area contributed by atoms with E-state index < -0.39 is 6.10 Å². The summed E-state index contributed by atoms with van der Waals surface area (Å²) in [6.07, 6.45) is 3.81. The van der Waals surface area contributed by atoms with Gasteiger partial charge in [0, 0.05) is 29.8 Å². The summed E-state index contributed by atoms with van der Waals surface area (Å²) in [4.78, 5) is 25.3. The first-order valence-electron chi connectivity index (χ1n) is 13.4. The van der Waals surface area contributed by atoms with Gasteiger partial charge in [-0.25, -0.2) is 4.79 Å². The lowest BCUT2D eigenvalue weighted by Crippen LogP contribution is -2.47. The molecule has 0 aromatic heterocycles. The first-order chi connectivity index (χ1) is 18.6. The molecule has 2 aromatic rings. The van der Waals surface area contributed by atoms with Crippen molar-refractivity contribution in [2.75, 3.05) is 18.7 Å². The maximum atomic E-state index is 12.8. The number of rotatable bonds is 7. The number of anilines is 1. The average molecular weight is 524 g/mol. The van der Waals surface area contributed by atoms with Gasteiger partial charge in [0.05, 0.1) is 19.1 Å². The number of hydrogen-bond donors (Lipinski definition) is 4. The largest absolute Gasteiger partial charge is 0.487 e. The number of carbonyl (C=O) groups excluding carboxylic acids is 2. The highest BCUT2D eigenvalue weighted by molar-refractivity contribution is 5.89. The van der Waals surface area contributed by atoms with Crippen molar-refractivity contribution in [1.29, 1.82) is 0 Å². The normalized spacial score (nSPS) is 25.3. The van der Waals surface area contributed by atoms with E-state index in [1.165, 1.54) is 0 Å². The minimum Gasteiger partial charge on any atom is -0.487 e. The fourth-order valence-electron chi connectivity index (χ4n) is 5.92. The molecular weight excluding hydrogens is 490 g/mol. The lowest BCUT2D eigenvalue weighted by molar-refractivity contribution is -0.142. The van der Waals surface area contributed by atoms with Crippen molar-refractivity contribution in [3.8, 4) is 17.2 Å². The van der Waals surface area contributed by atoms with E-state index in [0.29, 0.717) is 30.2 Å². The topological polar surface area (TPSA) is 127 Å². The summed E-state index contributed by atoms with van der Waals surface area (Å²) < 4.78 is 23.0. The summed E-state index contributed by atoms with van der Waals surface area (Å²) in [6.45, 7) is 0.358. The maximum absolute atomic E-state index is 12.8. The third-order valence-corrected chi connectivity index (χ3v) is 7.79. The Hall–Kier alpha value is -3.50. The number of urea groups is 1. The third kappa shape index (κ3) is 5.23. The molecule has 2 fully saturated rings. The van der Waals surface area contributed by atoms with Crippen LogP contribution in [-0.2, 0) is 16.1 Å². The fraction of sp³-hybridized carbons (Fsp3) is 0.500. The van der Waals surface area contributed by atoms with E-state index in [1.54, 1.807) is 0 Å². The monoisotopic (exact) mass is 523 g/mol. The molecule has 10 heteroatoms. The summed E-state index contributed by atoms with van der Waals surface area (Å²) in [5.74, 6) is 1.90. The van der Waals surface area contributed by atoms with Crippen molar-refractivity contribution < 1.29 is 33.6 Å². The van der Waals surface area contributed by atoms with Crippen molar-refractivity contribution in [3.05, 3.63) is 47.5 Å². The Morgan fingerprint density at radius 1 is 1.00 bits per heavy atom. The van der Waals surface area contributed by atoms with Crippen molar-refractivity contribution in [2.24, 2.45) is 0 Å². The summed E-state index contributed by atoms with van der Waals surface area (Å²) in [6, 6.07) is 11.2. The number of aliphatic hydroxyl groups excluding tert-OH is 1. The van der Waals surface area contributed by atoms with Gasteiger partial charge in [-0.1, -0.05) is 18.9 Å². The molecule has 1 aliphatic carbocycles. The number of nitrogens with one attached hydrogen (secondary N) is 3. The number of ether oxygens (including phenoxy) is 4. The Morgan fingerprint density at radius 2 is 1.82 bits per heavy atom. The van der Waals surface area contributed by atoms with Crippen molar-refractivity contribution >= 4 is 17.6 Å². The molecule has 10 nitrogen and oxygen atoms in total. The van der Waals surface area contributed by atoms with Crippen LogP contribution in [0, 0.1) is 0 Å². The molecular formula is C28H33N3O7. The zero-order valence-electron chi connectivity index (χ0n) is 21.1. The van der Waals surface area contributed by atoms with E-state index in [9.17, 15) is 14.7 Å². The number of carbonyl (C=O) groups is 2. The molecule has 0 radical (unpaired) electrons. The van der Waals surface area contributed by atoms with Gasteiger partial charge in [0.25, 0.3) is 0 Å². The Morgan fingerprint density at radius 3 is 2.66 bits per heavy atom. The summed E-state index contributed by atoms with van der Waals surface area (Å²) in [5.41, 5.74) is 2.56. The van der Waals surface area contributed by atoms with Gasteiger partial charge in [0.15, 0.2) is 11.5 Å². The van der Waals surface area contributed by atoms with Crippen LogP contribution in [0.2, 0.25) is 0 Å². The standard InChI is InChI=1S/C28H33N3O7/c32-14-25-27-21(20-10-18(6-8-22(20)38-27)31-28(34)30-17-3-1-2-4-17)11-19(37-25)12-26(33)29-13-16-5-7-23-24(9-16)36-15-35-23/h5-10,17,19,21,25,27,32H,1-4,11-15H2,(H,29,33)(H2,30,31,34)/t19-,21-,25-,27+/m0/s1. The SMILES string of the molecule is O=C(C[C@@H]1C[C@H]2c3cc(NC(=O)NC4CCCC4)ccc3O[C@H]2[C@H](CO)O1)NCc1ccc2c(c1)OCO2. The lowest BCUT2D eigenvalue weighted by Gasteiger charge is -2.37. The van der Waals surface area contributed by atoms with Gasteiger partial charge in [-0.05, 0) is 55.2 Å². The quantitative estimate of drug-likeness (QED) is 0.439. The van der Waals surface area contributed by atoms with Crippen molar-refractivity contribution in [3.63, 3.8) is 0 Å². The Labute approximate surface area is 221 Å². The van der Waals surface area contributed by atoms with Gasteiger partial charge in [-0.3, -0.25) is 4.79 Å². The third-order valence-electron chi connectivity index (χ3n) is 7.79. The summed E-state index contributed by atoms with van der Waals surface area (Å²) in [5, 5.41) is 18.9. The predicted molar refractivity (Wildman–Crippen MR) is 137 cm³/mol. The Balaban J connectivity index is 1.08. The van der Waals surface area contributed by atoms with Gasteiger partial charge >= 0.3 is 6.03 Å². The van der Waals surface area contributed by atoms with E-state index in [-0.39, 0.29) is 55.9 Å². The number of amides is 3. The molecule has 3 heterocycles. The number of aliphatic hydroxyl groups is 1. The molecule has 6 rings (SSSR count). The molecule has 2 aromatic carbocycles. The van der Waals surface area contributed by atoms with E-state index in [1.807, 2.05) is 36.4 Å². The molecule has 0 spiro atoms. The molecule has 202 valence electrons. The lowest BCUT2D eigenvalue weighted by atomic mass is 9.84. The van der Waals surface area contributed by atoms with Crippen LogP contribution in [0.5, 0.6) is 17.2 Å². The first kappa shape index (κ1) is 24.8. The molecule has 3 aliphatic heterocycles. The highest BCUT2D eigenvalue weighted by atomic mass is 16.7. The van der Waals surface area contributed by atoms with Crippen LogP contribution in [-0.4, -0.2) is 54.8 Å². The Bertz CT molecular complexity index is 1200. The van der Waals surface area contributed by atoms with Crippen molar-refractivity contribution in [1.82, 2.24) is 10.6 Å². The van der Waals surface area contributed by atoms with E-state index >= 15 is 0 Å². The highest BCUT2D eigenvalue weighted by Gasteiger charge is 2.46. The van der Waals surface area contributed by atoms with Crippen LogP contribution >= 0.6 is 0 Å². The second kappa shape index (κ2) is 10.7. The zero-order valence-corrected chi connectivity index (χ0v) is 21.1. The smallest absolute Gasteiger partial charge is 0.319 e. The number of benzene rings is 2. The van der Waals surface area contributed by atoms with Crippen LogP contribution in [0.25, 0.3) is 0 Å². The summed E-state index contributed by atoms with van der Waals surface area (Å²) >= 11 is 0. The predicted octanol–water partition coefficient (Wildman–Crippen LogP) is 3.18. The zero-order chi connectivity index (χ0) is 26.1. The summed E-state index contributed by atoms with van der Waals surface area (Å²) in [7, 11) is 0. The Kier molecular flexibility index (Phi) is 6.99. The molecule has 38 heavy (non-hydrogen) atoms. The molecule has 0 bridgehead atoms. The average Bonchev–Trinajstić information content (AvgIpc) is 3.67. The van der Waals surface area contributed by atoms with Gasteiger partial charge in [-0.2, -0.15) is 0 Å². The van der Waals surface area contributed by atoms with Crippen LogP contribution in [0.3, 0.4) is 0 Å². The minimum atomic E-state index is -0.546. The first-order valence-corrected chi connectivity index (χ1v) is 13.4. The van der Waals surface area contributed by atoms with Crippen LogP contribution in [0.4, 0.5) is 10.5 Å². The van der Waals surface area contributed by atoms with E-state index in [2.05, 4.69) is 16.0 Å². The maximum Gasteiger partial charge on any atom is 0.319 e. The van der Waals surface area contributed by atoms with Crippen molar-refractivity contribution in [2.45, 2.75) is 75.3 Å². The molecule has 4 N–H and O–H groups in total. The van der Waals surface area contributed by atoms with Crippen LogP contribution in [0.1, 0.15) is 55.6 Å². The number of hydrogen-bond acceptors (Lipinski definition) is 7. The molecule has 1 saturated carbocycles. The van der Waals surface area contributed by atoms with Gasteiger partial charge < -0.3 is 40.0 Å². The van der Waals surface area contributed by atoms with Gasteiger partial charge in [-0.15, -0.1) is 0 Å². The van der Waals surface area contributed by atoms with Crippen LogP contribution in [0.15, 0.2) is 36.4 Å². The van der Waals surface area contributed by atoms with Gasteiger partial charge in [0.2, 0.25) is 12.7 Å². The second-order valence-corrected chi connectivity index (χ2v) is 10.4. The van der Waals surface area contributed by atoms with Gasteiger partial charge in [0.1, 0.15) is 18.0 Å². The van der Waals surface area contributed by atoms with E-state index in [4.69, 9.17) is 18.9 Å². The molecule has 1 saturated heterocycles. The molecule has 4 atom stereocenters. The molecule has 0 unspecified atom stereocenters. The van der Waals surface area contributed by atoms with E-state index in [0.717, 1.165) is 42.6 Å².